The lowest BCUT2D eigenvalue weighted by Crippen LogP contribution is -2.43. The van der Waals surface area contributed by atoms with Crippen molar-refractivity contribution in [2.24, 2.45) is 10.9 Å². The van der Waals surface area contributed by atoms with Gasteiger partial charge in [-0.3, -0.25) is 0 Å². The van der Waals surface area contributed by atoms with E-state index in [9.17, 15) is 8.42 Å². The van der Waals surface area contributed by atoms with Crippen molar-refractivity contribution in [2.75, 3.05) is 6.54 Å². The molecule has 1 fully saturated rings. The Balaban J connectivity index is 2.41. The molecule has 0 bridgehead atoms. The van der Waals surface area contributed by atoms with E-state index in [0.29, 0.717) is 28.9 Å². The number of benzene rings is 1. The lowest BCUT2D eigenvalue weighted by Gasteiger charge is -2.23. The first-order chi connectivity index (χ1) is 9.37. The van der Waals surface area contributed by atoms with Crippen LogP contribution in [0.4, 0.5) is 0 Å². The number of rotatable bonds is 3. The van der Waals surface area contributed by atoms with Gasteiger partial charge in [0, 0.05) is 11.0 Å². The van der Waals surface area contributed by atoms with Crippen molar-refractivity contribution in [3.05, 3.63) is 27.7 Å². The SMILES string of the molecule is N/C(=N/O)C1CCCN1S(=O)(=O)c1ccc(Cl)c(Br)c1. The van der Waals surface area contributed by atoms with E-state index in [-0.39, 0.29) is 10.7 Å². The van der Waals surface area contributed by atoms with Crippen LogP contribution in [0.3, 0.4) is 0 Å². The summed E-state index contributed by atoms with van der Waals surface area (Å²) in [5.74, 6) is -0.0981. The number of sulfonamides is 1. The number of nitrogens with two attached hydrogens (primary N) is 1. The number of amidine groups is 1. The Bertz CT molecular complexity index is 650. The Morgan fingerprint density at radius 2 is 2.25 bits per heavy atom. The maximum Gasteiger partial charge on any atom is 0.243 e. The summed E-state index contributed by atoms with van der Waals surface area (Å²) in [5.41, 5.74) is 5.56. The van der Waals surface area contributed by atoms with Gasteiger partial charge in [0.1, 0.15) is 0 Å². The molecule has 110 valence electrons. The molecule has 9 heteroatoms. The fraction of sp³-hybridized carbons (Fsp3) is 0.364. The van der Waals surface area contributed by atoms with Crippen LogP contribution in [0, 0.1) is 0 Å². The molecule has 20 heavy (non-hydrogen) atoms. The molecule has 0 aromatic heterocycles. The van der Waals surface area contributed by atoms with E-state index in [2.05, 4.69) is 21.1 Å². The van der Waals surface area contributed by atoms with Gasteiger partial charge in [-0.15, -0.1) is 0 Å². The molecule has 0 aliphatic carbocycles. The predicted molar refractivity (Wildman–Crippen MR) is 79.5 cm³/mol. The summed E-state index contributed by atoms with van der Waals surface area (Å²) >= 11 is 9.07. The first-order valence-corrected chi connectivity index (χ1v) is 8.43. The van der Waals surface area contributed by atoms with Gasteiger partial charge in [-0.2, -0.15) is 4.31 Å². The summed E-state index contributed by atoms with van der Waals surface area (Å²) < 4.78 is 26.9. The lowest BCUT2D eigenvalue weighted by molar-refractivity contribution is 0.311. The summed E-state index contributed by atoms with van der Waals surface area (Å²) in [7, 11) is -3.71. The van der Waals surface area contributed by atoms with Crippen molar-refractivity contribution in [3.8, 4) is 0 Å². The highest BCUT2D eigenvalue weighted by molar-refractivity contribution is 9.10. The molecule has 1 unspecified atom stereocenters. The zero-order valence-corrected chi connectivity index (χ0v) is 13.5. The normalized spacial score (nSPS) is 21.3. The molecule has 1 saturated heterocycles. The standard InChI is InChI=1S/C11H13BrClN3O3S/c12-8-6-7(3-4-9(8)13)20(18,19)16-5-1-2-10(16)11(14)15-17/h3-4,6,10,17H,1-2,5H2,(H2,14,15). The molecular formula is C11H13BrClN3O3S. The second-order valence-electron chi connectivity index (χ2n) is 4.37. The molecule has 2 rings (SSSR count). The number of hydrogen-bond donors (Lipinski definition) is 2. The minimum Gasteiger partial charge on any atom is -0.409 e. The van der Waals surface area contributed by atoms with Crippen molar-refractivity contribution in [1.82, 2.24) is 4.31 Å². The van der Waals surface area contributed by atoms with Crippen molar-refractivity contribution >= 4 is 43.4 Å². The molecule has 0 radical (unpaired) electrons. The van der Waals surface area contributed by atoms with Crippen LogP contribution >= 0.6 is 27.5 Å². The van der Waals surface area contributed by atoms with Gasteiger partial charge in [0.05, 0.1) is 16.0 Å². The molecule has 3 N–H and O–H groups in total. The van der Waals surface area contributed by atoms with Gasteiger partial charge in [0.15, 0.2) is 5.84 Å². The van der Waals surface area contributed by atoms with E-state index in [1.165, 1.54) is 22.5 Å². The Morgan fingerprint density at radius 3 is 2.85 bits per heavy atom. The molecule has 1 aliphatic rings. The van der Waals surface area contributed by atoms with Gasteiger partial charge < -0.3 is 10.9 Å². The van der Waals surface area contributed by atoms with Gasteiger partial charge in [0.2, 0.25) is 10.0 Å². The average Bonchev–Trinajstić information content (AvgIpc) is 2.90. The van der Waals surface area contributed by atoms with Crippen LogP contribution in [-0.2, 0) is 10.0 Å². The Hall–Kier alpha value is -0.830. The molecule has 0 saturated carbocycles. The molecule has 1 aliphatic heterocycles. The Labute approximate surface area is 130 Å². The number of hydrogen-bond acceptors (Lipinski definition) is 4. The number of nitrogens with zero attached hydrogens (tertiary/aromatic N) is 2. The van der Waals surface area contributed by atoms with Crippen LogP contribution in [0.2, 0.25) is 5.02 Å². The maximum atomic E-state index is 12.6. The monoisotopic (exact) mass is 381 g/mol. The summed E-state index contributed by atoms with van der Waals surface area (Å²) in [5, 5.41) is 12.1. The third-order valence-corrected chi connectivity index (χ3v) is 6.28. The van der Waals surface area contributed by atoms with E-state index in [4.69, 9.17) is 22.5 Å². The van der Waals surface area contributed by atoms with E-state index in [0.717, 1.165) is 0 Å². The predicted octanol–water partition coefficient (Wildman–Crippen LogP) is 2.00. The molecule has 1 atom stereocenters. The van der Waals surface area contributed by atoms with Crippen molar-refractivity contribution < 1.29 is 13.6 Å². The Morgan fingerprint density at radius 1 is 1.55 bits per heavy atom. The van der Waals surface area contributed by atoms with E-state index in [1.807, 2.05) is 0 Å². The summed E-state index contributed by atoms with van der Waals surface area (Å²) in [6.07, 6.45) is 1.19. The first kappa shape index (κ1) is 15.6. The third-order valence-electron chi connectivity index (χ3n) is 3.16. The fourth-order valence-corrected chi connectivity index (χ4v) is 4.51. The zero-order valence-electron chi connectivity index (χ0n) is 10.3. The molecule has 1 aromatic rings. The third kappa shape index (κ3) is 2.78. The average molecular weight is 383 g/mol. The van der Waals surface area contributed by atoms with Gasteiger partial charge in [-0.25, -0.2) is 8.42 Å². The molecular weight excluding hydrogens is 370 g/mol. The summed E-state index contributed by atoms with van der Waals surface area (Å²) in [6.45, 7) is 0.337. The highest BCUT2D eigenvalue weighted by Gasteiger charge is 2.37. The fourth-order valence-electron chi connectivity index (χ4n) is 2.16. The van der Waals surface area contributed by atoms with Crippen LogP contribution < -0.4 is 5.73 Å². The highest BCUT2D eigenvalue weighted by Crippen LogP contribution is 2.30. The van der Waals surface area contributed by atoms with Gasteiger partial charge >= 0.3 is 0 Å². The number of oxime groups is 1. The zero-order chi connectivity index (χ0) is 14.9. The maximum absolute atomic E-state index is 12.6. The smallest absolute Gasteiger partial charge is 0.243 e. The quantitative estimate of drug-likeness (QED) is 0.362. The Kier molecular flexibility index (Phi) is 4.58. The van der Waals surface area contributed by atoms with Crippen LogP contribution in [-0.4, -0.2) is 36.4 Å². The minimum absolute atomic E-state index is 0.0981. The van der Waals surface area contributed by atoms with Crippen LogP contribution in [0.1, 0.15) is 12.8 Å². The van der Waals surface area contributed by atoms with Crippen molar-refractivity contribution in [3.63, 3.8) is 0 Å². The van der Waals surface area contributed by atoms with E-state index in [1.54, 1.807) is 0 Å². The van der Waals surface area contributed by atoms with Gasteiger partial charge in [-0.1, -0.05) is 16.8 Å². The lowest BCUT2D eigenvalue weighted by atomic mass is 10.2. The second-order valence-corrected chi connectivity index (χ2v) is 7.53. The molecule has 6 nitrogen and oxygen atoms in total. The topological polar surface area (TPSA) is 96.0 Å². The second kappa shape index (κ2) is 5.88. The van der Waals surface area contributed by atoms with E-state index < -0.39 is 16.1 Å². The summed E-state index contributed by atoms with van der Waals surface area (Å²) in [4.78, 5) is 0.117. The minimum atomic E-state index is -3.71. The summed E-state index contributed by atoms with van der Waals surface area (Å²) in [6, 6.07) is 3.77. The number of halogens is 2. The molecule has 1 aromatic carbocycles. The van der Waals surface area contributed by atoms with Gasteiger partial charge in [-0.05, 0) is 47.0 Å². The highest BCUT2D eigenvalue weighted by atomic mass is 79.9. The van der Waals surface area contributed by atoms with Crippen molar-refractivity contribution in [2.45, 2.75) is 23.8 Å². The first-order valence-electron chi connectivity index (χ1n) is 5.82. The van der Waals surface area contributed by atoms with Crippen LogP contribution in [0.15, 0.2) is 32.7 Å². The van der Waals surface area contributed by atoms with E-state index >= 15 is 0 Å². The molecule has 1 heterocycles. The van der Waals surface area contributed by atoms with Gasteiger partial charge in [0.25, 0.3) is 0 Å². The van der Waals surface area contributed by atoms with Crippen LogP contribution in [0.25, 0.3) is 0 Å². The molecule has 0 amide bonds. The van der Waals surface area contributed by atoms with Crippen molar-refractivity contribution in [1.29, 1.82) is 0 Å². The molecule has 0 spiro atoms. The largest absolute Gasteiger partial charge is 0.409 e. The van der Waals surface area contributed by atoms with Crippen LogP contribution in [0.5, 0.6) is 0 Å².